The van der Waals surface area contributed by atoms with Crippen molar-refractivity contribution in [3.8, 4) is 0 Å². The molecule has 0 aliphatic heterocycles. The monoisotopic (exact) mass is 288 g/mol. The summed E-state index contributed by atoms with van der Waals surface area (Å²) in [6, 6.07) is 0. The van der Waals surface area contributed by atoms with Crippen LogP contribution in [0, 0.1) is 20.2 Å². The van der Waals surface area contributed by atoms with E-state index in [0.717, 1.165) is 0 Å². The first-order chi connectivity index (χ1) is 7.61. The van der Waals surface area contributed by atoms with Gasteiger partial charge in [0.2, 0.25) is 0 Å². The van der Waals surface area contributed by atoms with E-state index in [1.54, 1.807) is 0 Å². The molecule has 0 amide bonds. The van der Waals surface area contributed by atoms with Crippen LogP contribution in [0.5, 0.6) is 0 Å². The zero-order valence-electron chi connectivity index (χ0n) is 8.33. The molecule has 0 aliphatic rings. The third kappa shape index (κ3) is 4.93. The van der Waals surface area contributed by atoms with E-state index in [2.05, 4.69) is 19.9 Å². The predicted octanol–water partition coefficient (Wildman–Crippen LogP) is -0.109. The third-order valence-electron chi connectivity index (χ3n) is 1.22. The standard InChI is InChI=1S/2C3H2N3O2.Zn/c2*7-6(8)3-4-1-2-5-3;/h2*1-2H;/q2*-1;+2. The molecule has 0 bridgehead atoms. The molecule has 0 spiro atoms. The van der Waals surface area contributed by atoms with E-state index in [-0.39, 0.29) is 31.4 Å². The number of imidazole rings is 2. The van der Waals surface area contributed by atoms with Gasteiger partial charge < -0.3 is 20.2 Å². The van der Waals surface area contributed by atoms with Crippen molar-refractivity contribution in [1.29, 1.82) is 0 Å². The Bertz CT molecular complexity index is 411. The van der Waals surface area contributed by atoms with Crippen LogP contribution in [0.3, 0.4) is 0 Å². The first kappa shape index (κ1) is 14.8. The Hall–Kier alpha value is -2.16. The largest absolute Gasteiger partial charge is 2.00 e. The van der Waals surface area contributed by atoms with Crippen LogP contribution in [0.15, 0.2) is 24.8 Å². The summed E-state index contributed by atoms with van der Waals surface area (Å²) in [6.45, 7) is 0. The van der Waals surface area contributed by atoms with Crippen LogP contribution in [0.4, 0.5) is 11.9 Å². The average molecular weight is 290 g/mol. The van der Waals surface area contributed by atoms with Crippen molar-refractivity contribution in [2.24, 2.45) is 0 Å². The fourth-order valence-electron chi connectivity index (χ4n) is 0.655. The SMILES string of the molecule is O=[N+]([O-])c1ncc[n-]1.O=[N+]([O-])c1ncc[n-]1.[Zn+2]. The summed E-state index contributed by atoms with van der Waals surface area (Å²) >= 11 is 0. The zero-order chi connectivity index (χ0) is 12.0. The van der Waals surface area contributed by atoms with Crippen LogP contribution in [-0.2, 0) is 19.5 Å². The van der Waals surface area contributed by atoms with E-state index in [1.807, 2.05) is 0 Å². The van der Waals surface area contributed by atoms with Gasteiger partial charge in [-0.25, -0.2) is 19.9 Å². The molecule has 0 saturated carbocycles. The summed E-state index contributed by atoms with van der Waals surface area (Å²) in [5, 5.41) is 19.5. The molecule has 0 aliphatic carbocycles. The molecule has 2 rings (SSSR count). The number of hydrogen-bond acceptors (Lipinski definition) is 6. The molecule has 0 saturated heterocycles. The van der Waals surface area contributed by atoms with Gasteiger partial charge in [0.05, 0.1) is 0 Å². The van der Waals surface area contributed by atoms with Gasteiger partial charge in [0.1, 0.15) is 0 Å². The van der Waals surface area contributed by atoms with E-state index in [1.165, 1.54) is 24.8 Å². The fourth-order valence-corrected chi connectivity index (χ4v) is 0.655. The quantitative estimate of drug-likeness (QED) is 0.423. The van der Waals surface area contributed by atoms with Crippen molar-refractivity contribution in [3.63, 3.8) is 0 Å². The molecule has 17 heavy (non-hydrogen) atoms. The van der Waals surface area contributed by atoms with Gasteiger partial charge in [-0.2, -0.15) is 9.85 Å². The predicted molar refractivity (Wildman–Crippen MR) is 48.4 cm³/mol. The summed E-state index contributed by atoms with van der Waals surface area (Å²) in [4.78, 5) is 31.4. The molecule has 0 unspecified atom stereocenters. The van der Waals surface area contributed by atoms with E-state index in [0.29, 0.717) is 0 Å². The van der Waals surface area contributed by atoms with Crippen molar-refractivity contribution in [1.82, 2.24) is 19.9 Å². The zero-order valence-corrected chi connectivity index (χ0v) is 11.3. The second kappa shape index (κ2) is 7.17. The minimum Gasteiger partial charge on any atom is -0.458 e. The normalized spacial score (nSPS) is 8.47. The number of nitrogens with zero attached hydrogens (tertiary/aromatic N) is 6. The van der Waals surface area contributed by atoms with Gasteiger partial charge >= 0.3 is 19.5 Å². The Balaban J connectivity index is 0.000000284. The van der Waals surface area contributed by atoms with E-state index in [4.69, 9.17) is 0 Å². The molecule has 2 aromatic rings. The molecule has 0 aromatic carbocycles. The van der Waals surface area contributed by atoms with Crippen LogP contribution in [-0.4, -0.2) is 19.8 Å². The molecule has 0 N–H and O–H groups in total. The number of rotatable bonds is 2. The van der Waals surface area contributed by atoms with Crippen molar-refractivity contribution < 1.29 is 29.3 Å². The van der Waals surface area contributed by atoms with E-state index >= 15 is 0 Å². The number of hydrogen-bond donors (Lipinski definition) is 0. The van der Waals surface area contributed by atoms with Gasteiger partial charge in [0, 0.05) is 24.8 Å². The summed E-state index contributed by atoms with van der Waals surface area (Å²) in [5.74, 6) is -0.685. The maximum absolute atomic E-state index is 9.74. The Morgan fingerprint density at radius 3 is 1.41 bits per heavy atom. The maximum atomic E-state index is 9.74. The first-order valence-corrected chi connectivity index (χ1v) is 3.77. The molecule has 2 heterocycles. The molecule has 0 radical (unpaired) electrons. The van der Waals surface area contributed by atoms with E-state index < -0.39 is 9.85 Å². The summed E-state index contributed by atoms with van der Waals surface area (Å²) < 4.78 is 0. The van der Waals surface area contributed by atoms with Crippen LogP contribution in [0.25, 0.3) is 0 Å². The molecule has 2 aromatic heterocycles. The topological polar surface area (TPSA) is 140 Å². The molecule has 11 heteroatoms. The van der Waals surface area contributed by atoms with Crippen molar-refractivity contribution in [3.05, 3.63) is 45.0 Å². The minimum absolute atomic E-state index is 0. The summed E-state index contributed by atoms with van der Waals surface area (Å²) in [5.41, 5.74) is 0. The van der Waals surface area contributed by atoms with Crippen LogP contribution in [0.1, 0.15) is 0 Å². The van der Waals surface area contributed by atoms with Gasteiger partial charge in [-0.1, -0.05) is 0 Å². The van der Waals surface area contributed by atoms with E-state index in [9.17, 15) is 20.2 Å². The molecule has 0 fully saturated rings. The Kier molecular flexibility index (Phi) is 6.26. The second-order valence-electron chi connectivity index (χ2n) is 2.23. The van der Waals surface area contributed by atoms with Crippen molar-refractivity contribution >= 4 is 11.9 Å². The van der Waals surface area contributed by atoms with Crippen LogP contribution >= 0.6 is 0 Å². The van der Waals surface area contributed by atoms with Gasteiger partial charge in [-0.15, -0.1) is 0 Å². The van der Waals surface area contributed by atoms with Gasteiger partial charge in [0.15, 0.2) is 0 Å². The number of aromatic nitrogens is 4. The minimum atomic E-state index is -0.639. The van der Waals surface area contributed by atoms with Crippen LogP contribution in [0.2, 0.25) is 0 Å². The van der Waals surface area contributed by atoms with Crippen LogP contribution < -0.4 is 9.97 Å². The maximum Gasteiger partial charge on any atom is 2.00 e. The van der Waals surface area contributed by atoms with Crippen molar-refractivity contribution in [2.45, 2.75) is 0 Å². The molecule has 84 valence electrons. The van der Waals surface area contributed by atoms with Gasteiger partial charge in [-0.3, -0.25) is 0 Å². The fraction of sp³-hybridized carbons (Fsp3) is 0. The second-order valence-corrected chi connectivity index (χ2v) is 2.23. The number of nitro groups is 2. The Morgan fingerprint density at radius 1 is 0.941 bits per heavy atom. The summed E-state index contributed by atoms with van der Waals surface area (Å²) in [7, 11) is 0. The molecule has 0 atom stereocenters. The smallest absolute Gasteiger partial charge is 0.458 e. The first-order valence-electron chi connectivity index (χ1n) is 3.77. The summed E-state index contributed by atoms with van der Waals surface area (Å²) in [6.07, 6.45) is 5.10. The Labute approximate surface area is 107 Å². The molecular formula is C6H4N6O4Zn. The van der Waals surface area contributed by atoms with Crippen molar-refractivity contribution in [2.75, 3.05) is 0 Å². The molecular weight excluding hydrogens is 285 g/mol. The van der Waals surface area contributed by atoms with Gasteiger partial charge in [0.25, 0.3) is 11.9 Å². The average Bonchev–Trinajstić information content (AvgIpc) is 2.93. The molecule has 10 nitrogen and oxygen atoms in total. The third-order valence-corrected chi connectivity index (χ3v) is 1.22. The Morgan fingerprint density at radius 2 is 1.29 bits per heavy atom. The van der Waals surface area contributed by atoms with Gasteiger partial charge in [-0.05, 0) is 0 Å².